The summed E-state index contributed by atoms with van der Waals surface area (Å²) in [4.78, 5) is 26.1. The van der Waals surface area contributed by atoms with Crippen molar-refractivity contribution in [3.05, 3.63) is 42.0 Å². The summed E-state index contributed by atoms with van der Waals surface area (Å²) in [6.45, 7) is 0.899. The van der Waals surface area contributed by atoms with Gasteiger partial charge in [-0.2, -0.15) is 5.10 Å². The Hall–Kier alpha value is -2.90. The second kappa shape index (κ2) is 7.55. The van der Waals surface area contributed by atoms with Crippen molar-refractivity contribution in [2.45, 2.75) is 12.8 Å². The van der Waals surface area contributed by atoms with Gasteiger partial charge in [-0.15, -0.1) is 0 Å². The molecule has 0 atom stereocenters. The van der Waals surface area contributed by atoms with Crippen LogP contribution in [0.3, 0.4) is 0 Å². The number of esters is 1. The first-order valence-corrected chi connectivity index (χ1v) is 8.30. The van der Waals surface area contributed by atoms with Crippen molar-refractivity contribution in [1.29, 1.82) is 0 Å². The summed E-state index contributed by atoms with van der Waals surface area (Å²) in [6.07, 6.45) is 2.69. The van der Waals surface area contributed by atoms with Gasteiger partial charge in [-0.05, 0) is 37.1 Å². The van der Waals surface area contributed by atoms with E-state index in [1.165, 1.54) is 31.0 Å². The lowest BCUT2D eigenvalue weighted by atomic mass is 9.97. The topological polar surface area (TPSA) is 73.7 Å². The maximum atomic E-state index is 13.1. The normalized spacial score (nSPS) is 15.0. The Labute approximate surface area is 150 Å². The van der Waals surface area contributed by atoms with Crippen LogP contribution in [-0.4, -0.2) is 53.9 Å². The third-order valence-electron chi connectivity index (χ3n) is 4.51. The van der Waals surface area contributed by atoms with E-state index in [1.807, 2.05) is 0 Å². The Morgan fingerprint density at radius 2 is 1.81 bits per heavy atom. The summed E-state index contributed by atoms with van der Waals surface area (Å²) in [5.41, 5.74) is 0.807. The highest BCUT2D eigenvalue weighted by atomic mass is 19.1. The molecule has 2 heterocycles. The number of hydrogen-bond donors (Lipinski definition) is 0. The van der Waals surface area contributed by atoms with Crippen LogP contribution in [0.2, 0.25) is 0 Å². The maximum absolute atomic E-state index is 13.1. The molecule has 1 aromatic heterocycles. The Balaban J connectivity index is 1.77. The molecule has 0 saturated carbocycles. The summed E-state index contributed by atoms with van der Waals surface area (Å²) in [5.74, 6) is -0.684. The van der Waals surface area contributed by atoms with Crippen LogP contribution in [0, 0.1) is 11.7 Å². The van der Waals surface area contributed by atoms with Crippen LogP contribution in [0.15, 0.2) is 30.5 Å². The molecular formula is C18H20FN3O4. The van der Waals surface area contributed by atoms with E-state index in [0.29, 0.717) is 37.4 Å². The zero-order valence-corrected chi connectivity index (χ0v) is 14.6. The first-order valence-electron chi connectivity index (χ1n) is 8.30. The number of halogens is 1. The molecule has 0 N–H and O–H groups in total. The molecule has 1 aliphatic heterocycles. The number of aromatic nitrogens is 2. The predicted octanol–water partition coefficient (Wildman–Crippen LogP) is 2.05. The Bertz CT molecular complexity index is 795. The number of piperidine rings is 1. The van der Waals surface area contributed by atoms with Crippen LogP contribution in [0.5, 0.6) is 5.75 Å². The van der Waals surface area contributed by atoms with E-state index < -0.39 is 0 Å². The standard InChI is InChI=1S/C18H20FN3O4/c1-25-15-11-22(14-5-3-13(19)4-6-14)20-16(15)17(23)21-9-7-12(8-10-21)18(24)26-2/h3-6,11-12H,7-10H2,1-2H3. The zero-order chi connectivity index (χ0) is 18.7. The van der Waals surface area contributed by atoms with Gasteiger partial charge in [0.2, 0.25) is 0 Å². The summed E-state index contributed by atoms with van der Waals surface area (Å²) >= 11 is 0. The number of benzene rings is 1. The van der Waals surface area contributed by atoms with Crippen LogP contribution in [-0.2, 0) is 9.53 Å². The van der Waals surface area contributed by atoms with Crippen LogP contribution in [0.1, 0.15) is 23.3 Å². The predicted molar refractivity (Wildman–Crippen MR) is 90.7 cm³/mol. The number of nitrogens with zero attached hydrogens (tertiary/aromatic N) is 3. The van der Waals surface area contributed by atoms with Crippen molar-refractivity contribution in [3.8, 4) is 11.4 Å². The van der Waals surface area contributed by atoms with Crippen molar-refractivity contribution >= 4 is 11.9 Å². The lowest BCUT2D eigenvalue weighted by Gasteiger charge is -2.30. The molecule has 0 aliphatic carbocycles. The average Bonchev–Trinajstić information content (AvgIpc) is 3.12. The van der Waals surface area contributed by atoms with Gasteiger partial charge < -0.3 is 14.4 Å². The molecule has 0 radical (unpaired) electrons. The number of carbonyl (C=O) groups is 2. The summed E-state index contributed by atoms with van der Waals surface area (Å²) in [5, 5.41) is 4.31. The highest BCUT2D eigenvalue weighted by Crippen LogP contribution is 2.24. The minimum Gasteiger partial charge on any atom is -0.493 e. The lowest BCUT2D eigenvalue weighted by molar-refractivity contribution is -0.146. The van der Waals surface area contributed by atoms with E-state index in [9.17, 15) is 14.0 Å². The van der Waals surface area contributed by atoms with Crippen LogP contribution >= 0.6 is 0 Å². The number of ether oxygens (including phenoxy) is 2. The first kappa shape index (κ1) is 17.9. The molecule has 2 aromatic rings. The van der Waals surface area contributed by atoms with Crippen LogP contribution in [0.25, 0.3) is 5.69 Å². The molecule has 1 fully saturated rings. The molecule has 7 nitrogen and oxygen atoms in total. The second-order valence-electron chi connectivity index (χ2n) is 6.06. The van der Waals surface area contributed by atoms with E-state index in [1.54, 1.807) is 23.2 Å². The van der Waals surface area contributed by atoms with Crippen molar-refractivity contribution in [3.63, 3.8) is 0 Å². The summed E-state index contributed by atoms with van der Waals surface area (Å²) < 4.78 is 24.6. The van der Waals surface area contributed by atoms with Gasteiger partial charge in [-0.3, -0.25) is 9.59 Å². The molecule has 1 saturated heterocycles. The number of amides is 1. The molecule has 8 heteroatoms. The van der Waals surface area contributed by atoms with Crippen molar-refractivity contribution in [2.75, 3.05) is 27.3 Å². The summed E-state index contributed by atoms with van der Waals surface area (Å²) in [6, 6.07) is 5.78. The van der Waals surface area contributed by atoms with Gasteiger partial charge in [0.05, 0.1) is 32.0 Å². The first-order chi connectivity index (χ1) is 12.5. The van der Waals surface area contributed by atoms with E-state index in [0.717, 1.165) is 0 Å². The Kier molecular flexibility index (Phi) is 5.20. The number of hydrogen-bond acceptors (Lipinski definition) is 5. The number of carbonyl (C=O) groups excluding carboxylic acids is 2. The van der Waals surface area contributed by atoms with Crippen molar-refractivity contribution < 1.29 is 23.5 Å². The van der Waals surface area contributed by atoms with Gasteiger partial charge in [-0.1, -0.05) is 0 Å². The highest BCUT2D eigenvalue weighted by molar-refractivity contribution is 5.95. The molecule has 0 bridgehead atoms. The molecule has 1 aliphatic rings. The maximum Gasteiger partial charge on any atom is 0.308 e. The minimum absolute atomic E-state index is 0.178. The van der Waals surface area contributed by atoms with Crippen LogP contribution in [0.4, 0.5) is 4.39 Å². The van der Waals surface area contributed by atoms with E-state index >= 15 is 0 Å². The van der Waals surface area contributed by atoms with E-state index in [-0.39, 0.29) is 29.3 Å². The van der Waals surface area contributed by atoms with Gasteiger partial charge in [0.25, 0.3) is 5.91 Å². The number of rotatable bonds is 4. The van der Waals surface area contributed by atoms with Gasteiger partial charge >= 0.3 is 5.97 Å². The van der Waals surface area contributed by atoms with Gasteiger partial charge in [-0.25, -0.2) is 9.07 Å². The Morgan fingerprint density at radius 1 is 1.15 bits per heavy atom. The fourth-order valence-corrected chi connectivity index (χ4v) is 3.02. The smallest absolute Gasteiger partial charge is 0.308 e. The molecule has 0 unspecified atom stereocenters. The zero-order valence-electron chi connectivity index (χ0n) is 14.6. The van der Waals surface area contributed by atoms with Crippen molar-refractivity contribution in [1.82, 2.24) is 14.7 Å². The monoisotopic (exact) mass is 361 g/mol. The lowest BCUT2D eigenvalue weighted by Crippen LogP contribution is -2.40. The molecule has 26 heavy (non-hydrogen) atoms. The molecular weight excluding hydrogens is 341 g/mol. The molecule has 1 aromatic carbocycles. The third kappa shape index (κ3) is 3.54. The van der Waals surface area contributed by atoms with E-state index in [4.69, 9.17) is 9.47 Å². The fourth-order valence-electron chi connectivity index (χ4n) is 3.02. The minimum atomic E-state index is -0.349. The molecule has 0 spiro atoms. The average molecular weight is 361 g/mol. The second-order valence-corrected chi connectivity index (χ2v) is 6.06. The third-order valence-corrected chi connectivity index (χ3v) is 4.51. The highest BCUT2D eigenvalue weighted by Gasteiger charge is 2.31. The van der Waals surface area contributed by atoms with Gasteiger partial charge in [0.1, 0.15) is 5.82 Å². The summed E-state index contributed by atoms with van der Waals surface area (Å²) in [7, 11) is 2.83. The van der Waals surface area contributed by atoms with Gasteiger partial charge in [0, 0.05) is 13.1 Å². The Morgan fingerprint density at radius 3 is 2.38 bits per heavy atom. The molecule has 138 valence electrons. The van der Waals surface area contributed by atoms with E-state index in [2.05, 4.69) is 5.10 Å². The van der Waals surface area contributed by atoms with Crippen molar-refractivity contribution in [2.24, 2.45) is 5.92 Å². The molecule has 3 rings (SSSR count). The quantitative estimate of drug-likeness (QED) is 0.779. The number of likely N-dealkylation sites (tertiary alicyclic amines) is 1. The van der Waals surface area contributed by atoms with Gasteiger partial charge in [0.15, 0.2) is 11.4 Å². The van der Waals surface area contributed by atoms with Crippen LogP contribution < -0.4 is 4.74 Å². The number of methoxy groups -OCH3 is 2. The largest absolute Gasteiger partial charge is 0.493 e. The fraction of sp³-hybridized carbons (Fsp3) is 0.389. The molecule has 1 amide bonds. The SMILES string of the molecule is COC(=O)C1CCN(C(=O)c2nn(-c3ccc(F)cc3)cc2OC)CC1.